The number of carbonyl (C=O) groups excluding carboxylic acids is 1. The van der Waals surface area contributed by atoms with Gasteiger partial charge in [-0.2, -0.15) is 4.98 Å². The Kier molecular flexibility index (Phi) is 5.75. The zero-order valence-corrected chi connectivity index (χ0v) is 16.2. The van der Waals surface area contributed by atoms with Gasteiger partial charge in [-0.1, -0.05) is 23.4 Å². The van der Waals surface area contributed by atoms with Gasteiger partial charge in [-0.05, 0) is 32.4 Å². The van der Waals surface area contributed by atoms with Gasteiger partial charge in [0, 0.05) is 25.1 Å². The first-order valence-corrected chi connectivity index (χ1v) is 9.43. The number of pyridine rings is 1. The van der Waals surface area contributed by atoms with E-state index in [9.17, 15) is 9.59 Å². The molecule has 3 aromatic rings. The summed E-state index contributed by atoms with van der Waals surface area (Å²) in [5, 5.41) is 15.5. The van der Waals surface area contributed by atoms with Crippen molar-refractivity contribution in [3.63, 3.8) is 0 Å². The molecule has 27 heavy (non-hydrogen) atoms. The molecule has 0 spiro atoms. The average Bonchev–Trinajstić information content (AvgIpc) is 3.26. The first-order valence-electron chi connectivity index (χ1n) is 8.61. The highest BCUT2D eigenvalue weighted by atomic mass is 32.1. The minimum atomic E-state index is -0.216. The Morgan fingerprint density at radius 1 is 1.30 bits per heavy atom. The lowest BCUT2D eigenvalue weighted by atomic mass is 10.2. The van der Waals surface area contributed by atoms with Crippen LogP contribution in [-0.4, -0.2) is 30.8 Å². The normalized spacial score (nSPS) is 10.9. The van der Waals surface area contributed by atoms with Crippen LogP contribution >= 0.6 is 11.3 Å². The average molecular weight is 388 g/mol. The molecule has 3 aromatic heterocycles. The van der Waals surface area contributed by atoms with E-state index in [-0.39, 0.29) is 30.1 Å². The van der Waals surface area contributed by atoms with E-state index < -0.39 is 0 Å². The summed E-state index contributed by atoms with van der Waals surface area (Å²) in [4.78, 5) is 28.8. The van der Waals surface area contributed by atoms with Crippen LogP contribution in [0.15, 0.2) is 21.5 Å². The summed E-state index contributed by atoms with van der Waals surface area (Å²) in [6.45, 7) is 6.35. The Morgan fingerprint density at radius 2 is 2.11 bits per heavy atom. The molecule has 0 aromatic carbocycles. The molecule has 3 rings (SSSR count). The molecule has 0 fully saturated rings. The molecule has 10 heteroatoms. The van der Waals surface area contributed by atoms with Gasteiger partial charge in [0.15, 0.2) is 0 Å². The first kappa shape index (κ1) is 18.9. The molecule has 0 unspecified atom stereocenters. The SMILES string of the molecule is CCCn1c(C)ccc(-c2noc(CCC(=O)Nc3nnc(C)s3)n2)c1=O. The molecule has 0 aliphatic rings. The van der Waals surface area contributed by atoms with Crippen molar-refractivity contribution in [3.8, 4) is 11.4 Å². The van der Waals surface area contributed by atoms with E-state index in [2.05, 4.69) is 25.7 Å². The molecule has 9 nitrogen and oxygen atoms in total. The maximum Gasteiger partial charge on any atom is 0.261 e. The minimum Gasteiger partial charge on any atom is -0.339 e. The number of rotatable bonds is 7. The second-order valence-corrected chi connectivity index (χ2v) is 7.21. The molecule has 0 aliphatic carbocycles. The van der Waals surface area contributed by atoms with Crippen molar-refractivity contribution in [2.75, 3.05) is 5.32 Å². The van der Waals surface area contributed by atoms with Crippen molar-refractivity contribution in [3.05, 3.63) is 39.1 Å². The van der Waals surface area contributed by atoms with E-state index in [1.165, 1.54) is 11.3 Å². The van der Waals surface area contributed by atoms with E-state index in [4.69, 9.17) is 4.52 Å². The van der Waals surface area contributed by atoms with Crippen LogP contribution in [0.2, 0.25) is 0 Å². The Morgan fingerprint density at radius 3 is 2.81 bits per heavy atom. The Hall–Kier alpha value is -2.88. The lowest BCUT2D eigenvalue weighted by Gasteiger charge is -2.09. The standard InChI is InChI=1S/C17H20N6O3S/c1-4-9-23-10(2)5-6-12(16(23)25)15-19-14(26-22-15)8-7-13(24)18-17-21-20-11(3)27-17/h5-6H,4,7-9H2,1-3H3,(H,18,21,24). The van der Waals surface area contributed by atoms with Crippen LogP contribution < -0.4 is 10.9 Å². The number of aromatic nitrogens is 5. The molecule has 0 atom stereocenters. The predicted octanol–water partition coefficient (Wildman–Crippen LogP) is 2.35. The number of anilines is 1. The number of nitrogens with one attached hydrogen (secondary N) is 1. The molecule has 1 N–H and O–H groups in total. The van der Waals surface area contributed by atoms with Crippen molar-refractivity contribution in [1.29, 1.82) is 0 Å². The van der Waals surface area contributed by atoms with E-state index in [1.54, 1.807) is 10.6 Å². The van der Waals surface area contributed by atoms with Crippen LogP contribution in [0, 0.1) is 13.8 Å². The maximum atomic E-state index is 12.6. The summed E-state index contributed by atoms with van der Waals surface area (Å²) >= 11 is 1.30. The van der Waals surface area contributed by atoms with Crippen molar-refractivity contribution in [2.45, 2.75) is 46.6 Å². The quantitative estimate of drug-likeness (QED) is 0.660. The highest BCUT2D eigenvalue weighted by molar-refractivity contribution is 7.15. The highest BCUT2D eigenvalue weighted by Gasteiger charge is 2.15. The third-order valence-corrected chi connectivity index (χ3v) is 4.64. The molecule has 0 saturated carbocycles. The van der Waals surface area contributed by atoms with Gasteiger partial charge in [-0.3, -0.25) is 9.59 Å². The van der Waals surface area contributed by atoms with Crippen LogP contribution in [0.4, 0.5) is 5.13 Å². The number of carbonyl (C=O) groups is 1. The fraction of sp³-hybridized carbons (Fsp3) is 0.412. The molecule has 142 valence electrons. The number of amides is 1. The van der Waals surface area contributed by atoms with Gasteiger partial charge in [0.05, 0.1) is 5.56 Å². The molecule has 0 bridgehead atoms. The molecular formula is C17H20N6O3S. The van der Waals surface area contributed by atoms with Crippen molar-refractivity contribution < 1.29 is 9.32 Å². The van der Waals surface area contributed by atoms with Gasteiger partial charge in [0.2, 0.25) is 22.8 Å². The van der Waals surface area contributed by atoms with Gasteiger partial charge < -0.3 is 14.4 Å². The largest absolute Gasteiger partial charge is 0.339 e. The van der Waals surface area contributed by atoms with Gasteiger partial charge in [0.25, 0.3) is 5.56 Å². The minimum absolute atomic E-state index is 0.145. The third-order valence-electron chi connectivity index (χ3n) is 3.89. The van der Waals surface area contributed by atoms with Crippen LogP contribution in [-0.2, 0) is 17.8 Å². The molecule has 0 aliphatic heterocycles. The topological polar surface area (TPSA) is 116 Å². The second-order valence-electron chi connectivity index (χ2n) is 6.03. The lowest BCUT2D eigenvalue weighted by molar-refractivity contribution is -0.116. The third kappa shape index (κ3) is 4.45. The van der Waals surface area contributed by atoms with E-state index >= 15 is 0 Å². The number of aryl methyl sites for hydroxylation is 3. The van der Waals surface area contributed by atoms with E-state index in [1.807, 2.05) is 26.8 Å². The first-order chi connectivity index (χ1) is 13.0. The van der Waals surface area contributed by atoms with Crippen molar-refractivity contribution in [1.82, 2.24) is 24.9 Å². The summed E-state index contributed by atoms with van der Waals surface area (Å²) in [5.74, 6) is 0.321. The molecule has 1 amide bonds. The van der Waals surface area contributed by atoms with Gasteiger partial charge in [-0.25, -0.2) is 0 Å². The van der Waals surface area contributed by atoms with Gasteiger partial charge in [0.1, 0.15) is 5.01 Å². The van der Waals surface area contributed by atoms with Crippen LogP contribution in [0.25, 0.3) is 11.4 Å². The van der Waals surface area contributed by atoms with Gasteiger partial charge >= 0.3 is 0 Å². The Balaban J connectivity index is 1.67. The van der Waals surface area contributed by atoms with Crippen molar-refractivity contribution >= 4 is 22.4 Å². The fourth-order valence-electron chi connectivity index (χ4n) is 2.56. The molecule has 3 heterocycles. The van der Waals surface area contributed by atoms with Crippen LogP contribution in [0.5, 0.6) is 0 Å². The van der Waals surface area contributed by atoms with Crippen molar-refractivity contribution in [2.24, 2.45) is 0 Å². The maximum absolute atomic E-state index is 12.6. The second kappa shape index (κ2) is 8.21. The zero-order valence-electron chi connectivity index (χ0n) is 15.4. The van der Waals surface area contributed by atoms with E-state index in [0.29, 0.717) is 23.1 Å². The Labute approximate surface area is 159 Å². The smallest absolute Gasteiger partial charge is 0.261 e. The molecular weight excluding hydrogens is 368 g/mol. The number of hydrogen-bond acceptors (Lipinski definition) is 8. The number of hydrogen-bond donors (Lipinski definition) is 1. The predicted molar refractivity (Wildman–Crippen MR) is 101 cm³/mol. The van der Waals surface area contributed by atoms with E-state index in [0.717, 1.165) is 17.1 Å². The lowest BCUT2D eigenvalue weighted by Crippen LogP contribution is -2.23. The summed E-state index contributed by atoms with van der Waals surface area (Å²) in [6, 6.07) is 3.56. The highest BCUT2D eigenvalue weighted by Crippen LogP contribution is 2.15. The van der Waals surface area contributed by atoms with Gasteiger partial charge in [-0.15, -0.1) is 10.2 Å². The molecule has 0 saturated heterocycles. The summed E-state index contributed by atoms with van der Waals surface area (Å²) < 4.78 is 6.89. The summed E-state index contributed by atoms with van der Waals surface area (Å²) in [7, 11) is 0. The molecule has 0 radical (unpaired) electrons. The summed E-state index contributed by atoms with van der Waals surface area (Å²) in [6.07, 6.45) is 1.28. The fourth-order valence-corrected chi connectivity index (χ4v) is 3.17. The monoisotopic (exact) mass is 388 g/mol. The zero-order chi connectivity index (χ0) is 19.4. The van der Waals surface area contributed by atoms with Crippen LogP contribution in [0.1, 0.15) is 36.4 Å². The van der Waals surface area contributed by atoms with Crippen LogP contribution in [0.3, 0.4) is 0 Å². The number of nitrogens with zero attached hydrogens (tertiary/aromatic N) is 5. The summed E-state index contributed by atoms with van der Waals surface area (Å²) in [5.41, 5.74) is 1.13. The Bertz CT molecular complexity index is 1010.